The lowest BCUT2D eigenvalue weighted by molar-refractivity contribution is -0.115. The van der Waals surface area contributed by atoms with Crippen molar-refractivity contribution in [2.45, 2.75) is 6.42 Å². The van der Waals surface area contributed by atoms with E-state index in [0.717, 1.165) is 6.26 Å². The Kier molecular flexibility index (Phi) is 6.94. The standard InChI is InChI=1S/C12H18ClN3O3S/c1-20(18,19)15-7-3-6-14-9-12(17)16-11-5-2-4-10(13)8-11/h2,4-5,8,14-15H,3,6-7,9H2,1H3,(H,16,17). The van der Waals surface area contributed by atoms with E-state index in [-0.39, 0.29) is 12.5 Å². The van der Waals surface area contributed by atoms with Crippen LogP contribution in [0, 0.1) is 0 Å². The molecule has 0 unspecified atom stereocenters. The molecule has 0 spiro atoms. The van der Waals surface area contributed by atoms with E-state index in [9.17, 15) is 13.2 Å². The molecule has 0 aromatic heterocycles. The minimum atomic E-state index is -3.14. The molecule has 1 amide bonds. The molecule has 0 saturated heterocycles. The van der Waals surface area contributed by atoms with Gasteiger partial charge in [-0.25, -0.2) is 13.1 Å². The van der Waals surface area contributed by atoms with Gasteiger partial charge in [0.1, 0.15) is 0 Å². The Morgan fingerprint density at radius 2 is 2.05 bits per heavy atom. The fourth-order valence-corrected chi connectivity index (χ4v) is 2.15. The fraction of sp³-hybridized carbons (Fsp3) is 0.417. The zero-order chi connectivity index (χ0) is 15.0. The highest BCUT2D eigenvalue weighted by molar-refractivity contribution is 7.88. The van der Waals surface area contributed by atoms with Gasteiger partial charge in [0.15, 0.2) is 0 Å². The Hall–Kier alpha value is -1.15. The monoisotopic (exact) mass is 319 g/mol. The predicted molar refractivity (Wildman–Crippen MR) is 80.4 cm³/mol. The number of hydrogen-bond donors (Lipinski definition) is 3. The SMILES string of the molecule is CS(=O)(=O)NCCCNCC(=O)Nc1cccc(Cl)c1. The van der Waals surface area contributed by atoms with Crippen molar-refractivity contribution in [2.24, 2.45) is 0 Å². The summed E-state index contributed by atoms with van der Waals surface area (Å²) in [6, 6.07) is 6.89. The van der Waals surface area contributed by atoms with Crippen molar-refractivity contribution in [3.63, 3.8) is 0 Å². The van der Waals surface area contributed by atoms with Crippen LogP contribution in [0.4, 0.5) is 5.69 Å². The summed E-state index contributed by atoms with van der Waals surface area (Å²) in [4.78, 5) is 11.6. The Bertz CT molecular complexity index is 549. The molecule has 0 aliphatic rings. The van der Waals surface area contributed by atoms with E-state index in [0.29, 0.717) is 30.2 Å². The highest BCUT2D eigenvalue weighted by Crippen LogP contribution is 2.14. The van der Waals surface area contributed by atoms with Gasteiger partial charge >= 0.3 is 0 Å². The number of carbonyl (C=O) groups excluding carboxylic acids is 1. The maximum absolute atomic E-state index is 11.6. The van der Waals surface area contributed by atoms with Gasteiger partial charge in [0, 0.05) is 17.3 Å². The topological polar surface area (TPSA) is 87.3 Å². The van der Waals surface area contributed by atoms with Crippen LogP contribution in [0.5, 0.6) is 0 Å². The summed E-state index contributed by atoms with van der Waals surface area (Å²) in [7, 11) is -3.14. The number of sulfonamides is 1. The van der Waals surface area contributed by atoms with Crippen LogP contribution < -0.4 is 15.4 Å². The normalized spacial score (nSPS) is 11.3. The lowest BCUT2D eigenvalue weighted by Gasteiger charge is -2.07. The molecule has 0 saturated carbocycles. The summed E-state index contributed by atoms with van der Waals surface area (Å²) < 4.78 is 24.0. The van der Waals surface area contributed by atoms with Crippen LogP contribution in [0.25, 0.3) is 0 Å². The van der Waals surface area contributed by atoms with Crippen molar-refractivity contribution in [3.8, 4) is 0 Å². The first-order valence-corrected chi connectivity index (χ1v) is 8.34. The third-order valence-electron chi connectivity index (χ3n) is 2.29. The first kappa shape index (κ1) is 16.9. The van der Waals surface area contributed by atoms with Crippen molar-refractivity contribution < 1.29 is 13.2 Å². The minimum absolute atomic E-state index is 0.158. The first-order valence-electron chi connectivity index (χ1n) is 6.07. The molecule has 8 heteroatoms. The van der Waals surface area contributed by atoms with Gasteiger partial charge in [-0.3, -0.25) is 4.79 Å². The second-order valence-electron chi connectivity index (χ2n) is 4.26. The molecule has 20 heavy (non-hydrogen) atoms. The average molecular weight is 320 g/mol. The van der Waals surface area contributed by atoms with Crippen molar-refractivity contribution >= 4 is 33.2 Å². The number of hydrogen-bond acceptors (Lipinski definition) is 4. The molecule has 0 aliphatic heterocycles. The van der Waals surface area contributed by atoms with Crippen LogP contribution in [-0.4, -0.2) is 40.2 Å². The molecule has 6 nitrogen and oxygen atoms in total. The maximum atomic E-state index is 11.6. The van der Waals surface area contributed by atoms with E-state index >= 15 is 0 Å². The zero-order valence-electron chi connectivity index (χ0n) is 11.1. The molecule has 1 rings (SSSR count). The van der Waals surface area contributed by atoms with Crippen LogP contribution in [-0.2, 0) is 14.8 Å². The van der Waals surface area contributed by atoms with E-state index in [1.165, 1.54) is 0 Å². The van der Waals surface area contributed by atoms with Crippen LogP contribution in [0.2, 0.25) is 5.02 Å². The lowest BCUT2D eigenvalue weighted by atomic mass is 10.3. The molecular weight excluding hydrogens is 302 g/mol. The lowest BCUT2D eigenvalue weighted by Crippen LogP contribution is -2.31. The highest BCUT2D eigenvalue weighted by atomic mass is 35.5. The van der Waals surface area contributed by atoms with Crippen molar-refractivity contribution in [3.05, 3.63) is 29.3 Å². The number of halogens is 1. The minimum Gasteiger partial charge on any atom is -0.325 e. The third kappa shape index (κ3) is 8.11. The van der Waals surface area contributed by atoms with Crippen LogP contribution in [0.1, 0.15) is 6.42 Å². The summed E-state index contributed by atoms with van der Waals surface area (Å²) in [6.07, 6.45) is 1.72. The number of amides is 1. The summed E-state index contributed by atoms with van der Waals surface area (Å²) in [5.74, 6) is -0.177. The summed E-state index contributed by atoms with van der Waals surface area (Å²) in [5.41, 5.74) is 0.642. The molecule has 0 bridgehead atoms. The molecule has 1 aromatic carbocycles. The van der Waals surface area contributed by atoms with Crippen molar-refractivity contribution in [2.75, 3.05) is 31.2 Å². The Labute approximate surface area is 123 Å². The molecule has 0 atom stereocenters. The molecule has 112 valence electrons. The van der Waals surface area contributed by atoms with E-state index in [1.807, 2.05) is 0 Å². The second kappa shape index (κ2) is 8.21. The predicted octanol–water partition coefficient (Wildman–Crippen LogP) is 0.807. The molecule has 0 aliphatic carbocycles. The Morgan fingerprint density at radius 1 is 1.30 bits per heavy atom. The van der Waals surface area contributed by atoms with Gasteiger partial charge in [-0.05, 0) is 31.2 Å². The molecular formula is C12H18ClN3O3S. The third-order valence-corrected chi connectivity index (χ3v) is 3.25. The maximum Gasteiger partial charge on any atom is 0.238 e. The van der Waals surface area contributed by atoms with Gasteiger partial charge in [-0.2, -0.15) is 0 Å². The van der Waals surface area contributed by atoms with Gasteiger partial charge < -0.3 is 10.6 Å². The van der Waals surface area contributed by atoms with Crippen LogP contribution in [0.3, 0.4) is 0 Å². The Balaban J connectivity index is 2.15. The zero-order valence-corrected chi connectivity index (χ0v) is 12.7. The van der Waals surface area contributed by atoms with Crippen LogP contribution in [0.15, 0.2) is 24.3 Å². The quantitative estimate of drug-likeness (QED) is 0.619. The van der Waals surface area contributed by atoms with Gasteiger partial charge in [-0.15, -0.1) is 0 Å². The van der Waals surface area contributed by atoms with Gasteiger partial charge in [-0.1, -0.05) is 17.7 Å². The molecule has 0 radical (unpaired) electrons. The number of nitrogens with one attached hydrogen (secondary N) is 3. The number of rotatable bonds is 8. The van der Waals surface area contributed by atoms with Crippen LogP contribution >= 0.6 is 11.6 Å². The smallest absolute Gasteiger partial charge is 0.238 e. The number of benzene rings is 1. The molecule has 0 heterocycles. The number of anilines is 1. The van der Waals surface area contributed by atoms with E-state index in [4.69, 9.17) is 11.6 Å². The van der Waals surface area contributed by atoms with E-state index < -0.39 is 10.0 Å². The Morgan fingerprint density at radius 3 is 2.70 bits per heavy atom. The second-order valence-corrected chi connectivity index (χ2v) is 6.52. The largest absolute Gasteiger partial charge is 0.325 e. The average Bonchev–Trinajstić information content (AvgIpc) is 2.32. The van der Waals surface area contributed by atoms with Crippen molar-refractivity contribution in [1.29, 1.82) is 0 Å². The fourth-order valence-electron chi connectivity index (χ4n) is 1.44. The molecule has 0 fully saturated rings. The van der Waals surface area contributed by atoms with Gasteiger partial charge in [0.2, 0.25) is 15.9 Å². The van der Waals surface area contributed by atoms with E-state index in [2.05, 4.69) is 15.4 Å². The molecule has 1 aromatic rings. The summed E-state index contributed by atoms with van der Waals surface area (Å²) in [5, 5.41) is 6.18. The first-order chi connectivity index (χ1) is 9.37. The van der Waals surface area contributed by atoms with Gasteiger partial charge in [0.25, 0.3) is 0 Å². The number of carbonyl (C=O) groups is 1. The molecule has 3 N–H and O–H groups in total. The highest BCUT2D eigenvalue weighted by Gasteiger charge is 2.02. The van der Waals surface area contributed by atoms with E-state index in [1.54, 1.807) is 24.3 Å². The summed E-state index contributed by atoms with van der Waals surface area (Å²) >= 11 is 5.80. The summed E-state index contributed by atoms with van der Waals surface area (Å²) in [6.45, 7) is 1.05. The van der Waals surface area contributed by atoms with Gasteiger partial charge in [0.05, 0.1) is 12.8 Å². The van der Waals surface area contributed by atoms with Crippen molar-refractivity contribution in [1.82, 2.24) is 10.0 Å².